The molecule has 0 aliphatic rings. The maximum Gasteiger partial charge on any atom is 0.407 e. The van der Waals surface area contributed by atoms with Crippen LogP contribution in [0.15, 0.2) is 30.3 Å². The Morgan fingerprint density at radius 2 is 1.72 bits per heavy atom. The molecular weight excluding hydrogens is 382 g/mol. The van der Waals surface area contributed by atoms with Crippen molar-refractivity contribution in [2.75, 3.05) is 6.54 Å². The molecule has 0 aliphatic heterocycles. The van der Waals surface area contributed by atoms with E-state index in [1.54, 1.807) is 0 Å². The summed E-state index contributed by atoms with van der Waals surface area (Å²) >= 11 is 0. The predicted octanol–water partition coefficient (Wildman–Crippen LogP) is 0.845. The molecule has 0 saturated carbocycles. The molecule has 160 valence electrons. The molecule has 0 unspecified atom stereocenters. The molecule has 0 bridgehead atoms. The van der Waals surface area contributed by atoms with Gasteiger partial charge in [-0.25, -0.2) is 9.59 Å². The van der Waals surface area contributed by atoms with Crippen LogP contribution in [0, 0.1) is 0 Å². The summed E-state index contributed by atoms with van der Waals surface area (Å²) in [6.45, 7) is 0.517. The highest BCUT2D eigenvalue weighted by Crippen LogP contribution is 2.03. The minimum atomic E-state index is -1.31. The lowest BCUT2D eigenvalue weighted by atomic mass is 10.1. The van der Waals surface area contributed by atoms with Crippen molar-refractivity contribution in [2.24, 2.45) is 5.73 Å². The van der Waals surface area contributed by atoms with Crippen molar-refractivity contribution in [2.45, 2.75) is 50.8 Å². The SMILES string of the molecule is N[C@@H](CCCCNC(=O)OCc1ccccc1)C(=O)N[C@H](CCC(=O)O)C(=O)O. The lowest BCUT2D eigenvalue weighted by Gasteiger charge is -2.17. The van der Waals surface area contributed by atoms with Crippen LogP contribution in [0.25, 0.3) is 0 Å². The Balaban J connectivity index is 2.19. The Labute approximate surface area is 168 Å². The van der Waals surface area contributed by atoms with Crippen LogP contribution in [0.3, 0.4) is 0 Å². The Kier molecular flexibility index (Phi) is 10.8. The minimum absolute atomic E-state index is 0.171. The van der Waals surface area contributed by atoms with E-state index in [0.717, 1.165) is 5.56 Å². The zero-order valence-corrected chi connectivity index (χ0v) is 16.0. The molecular formula is C19H27N3O7. The molecule has 0 heterocycles. The number of carboxylic acid groups (broad SMARTS) is 2. The van der Waals surface area contributed by atoms with Crippen molar-refractivity contribution < 1.29 is 34.1 Å². The van der Waals surface area contributed by atoms with Gasteiger partial charge in [-0.1, -0.05) is 30.3 Å². The van der Waals surface area contributed by atoms with E-state index in [0.29, 0.717) is 19.4 Å². The third-order valence-electron chi connectivity index (χ3n) is 4.02. The third-order valence-corrected chi connectivity index (χ3v) is 4.02. The largest absolute Gasteiger partial charge is 0.481 e. The summed E-state index contributed by atoms with van der Waals surface area (Å²) in [7, 11) is 0. The molecule has 0 spiro atoms. The van der Waals surface area contributed by atoms with Crippen LogP contribution in [0.4, 0.5) is 4.79 Å². The van der Waals surface area contributed by atoms with Crippen LogP contribution in [0.5, 0.6) is 0 Å². The summed E-state index contributed by atoms with van der Waals surface area (Å²) in [6, 6.07) is 7.03. The molecule has 0 fully saturated rings. The van der Waals surface area contributed by atoms with Crippen LogP contribution in [-0.2, 0) is 25.7 Å². The van der Waals surface area contributed by atoms with E-state index in [1.165, 1.54) is 0 Å². The number of rotatable bonds is 13. The average Bonchev–Trinajstić information content (AvgIpc) is 2.69. The molecule has 1 aromatic carbocycles. The Morgan fingerprint density at radius 1 is 1.03 bits per heavy atom. The zero-order chi connectivity index (χ0) is 21.6. The number of carbonyl (C=O) groups excluding carboxylic acids is 2. The number of benzene rings is 1. The average molecular weight is 409 g/mol. The number of alkyl carbamates (subject to hydrolysis) is 1. The van der Waals surface area contributed by atoms with Crippen molar-refractivity contribution in [3.8, 4) is 0 Å². The van der Waals surface area contributed by atoms with Gasteiger partial charge in [-0.05, 0) is 31.2 Å². The molecule has 6 N–H and O–H groups in total. The van der Waals surface area contributed by atoms with E-state index in [2.05, 4.69) is 10.6 Å². The highest BCUT2D eigenvalue weighted by Gasteiger charge is 2.23. The second-order valence-corrected chi connectivity index (χ2v) is 6.42. The van der Waals surface area contributed by atoms with Gasteiger partial charge in [0.15, 0.2) is 0 Å². The molecule has 0 radical (unpaired) electrons. The summed E-state index contributed by atoms with van der Waals surface area (Å²) in [5.74, 6) is -3.12. The number of carboxylic acids is 2. The number of aliphatic carboxylic acids is 2. The summed E-state index contributed by atoms with van der Waals surface area (Å²) in [4.78, 5) is 45.2. The van der Waals surface area contributed by atoms with E-state index in [9.17, 15) is 19.2 Å². The van der Waals surface area contributed by atoms with Crippen molar-refractivity contribution in [3.05, 3.63) is 35.9 Å². The fourth-order valence-corrected chi connectivity index (χ4v) is 2.39. The Morgan fingerprint density at radius 3 is 2.34 bits per heavy atom. The molecule has 0 aromatic heterocycles. The molecule has 2 atom stereocenters. The Hall–Kier alpha value is -3.14. The van der Waals surface area contributed by atoms with Crippen LogP contribution in [0.1, 0.15) is 37.7 Å². The normalized spacial score (nSPS) is 12.4. The van der Waals surface area contributed by atoms with Crippen molar-refractivity contribution in [3.63, 3.8) is 0 Å². The summed E-state index contributed by atoms with van der Waals surface area (Å²) in [5.41, 5.74) is 6.62. The minimum Gasteiger partial charge on any atom is -0.481 e. The first-order valence-electron chi connectivity index (χ1n) is 9.24. The smallest absolute Gasteiger partial charge is 0.407 e. The topological polar surface area (TPSA) is 168 Å². The van der Waals surface area contributed by atoms with Crippen molar-refractivity contribution in [1.82, 2.24) is 10.6 Å². The summed E-state index contributed by atoms with van der Waals surface area (Å²) in [6.07, 6.45) is 0.233. The van der Waals surface area contributed by atoms with Crippen LogP contribution in [-0.4, -0.2) is 52.8 Å². The van der Waals surface area contributed by atoms with E-state index in [-0.39, 0.29) is 25.9 Å². The number of carbonyl (C=O) groups is 4. The van der Waals surface area contributed by atoms with Crippen molar-refractivity contribution >= 4 is 23.9 Å². The zero-order valence-electron chi connectivity index (χ0n) is 16.0. The summed E-state index contributed by atoms with van der Waals surface area (Å²) < 4.78 is 5.06. The van der Waals surface area contributed by atoms with Crippen LogP contribution in [0.2, 0.25) is 0 Å². The van der Waals surface area contributed by atoms with Gasteiger partial charge in [-0.15, -0.1) is 0 Å². The predicted molar refractivity (Wildman–Crippen MR) is 103 cm³/mol. The first kappa shape index (κ1) is 23.9. The molecule has 2 amide bonds. The molecule has 29 heavy (non-hydrogen) atoms. The van der Waals surface area contributed by atoms with Crippen molar-refractivity contribution in [1.29, 1.82) is 0 Å². The number of hydrogen-bond acceptors (Lipinski definition) is 6. The number of ether oxygens (including phenoxy) is 1. The van der Waals surface area contributed by atoms with Gasteiger partial charge in [0.25, 0.3) is 0 Å². The first-order valence-corrected chi connectivity index (χ1v) is 9.24. The molecule has 0 saturated heterocycles. The van der Waals surface area contributed by atoms with Gasteiger partial charge < -0.3 is 31.3 Å². The molecule has 10 heteroatoms. The van der Waals surface area contributed by atoms with E-state index in [1.807, 2.05) is 30.3 Å². The highest BCUT2D eigenvalue weighted by atomic mass is 16.5. The lowest BCUT2D eigenvalue weighted by molar-refractivity contribution is -0.143. The van der Waals surface area contributed by atoms with E-state index >= 15 is 0 Å². The van der Waals surface area contributed by atoms with Gasteiger partial charge in [-0.2, -0.15) is 0 Å². The Bertz CT molecular complexity index is 682. The maximum atomic E-state index is 12.0. The molecule has 1 aromatic rings. The van der Waals surface area contributed by atoms with Gasteiger partial charge in [0.1, 0.15) is 12.6 Å². The van der Waals surface area contributed by atoms with Gasteiger partial charge in [-0.3, -0.25) is 9.59 Å². The van der Waals surface area contributed by atoms with Crippen LogP contribution >= 0.6 is 0 Å². The quantitative estimate of drug-likeness (QED) is 0.299. The molecule has 10 nitrogen and oxygen atoms in total. The molecule has 1 rings (SSSR count). The number of amides is 2. The van der Waals surface area contributed by atoms with Gasteiger partial charge in [0.05, 0.1) is 6.04 Å². The number of unbranched alkanes of at least 4 members (excludes halogenated alkanes) is 1. The lowest BCUT2D eigenvalue weighted by Crippen LogP contribution is -2.48. The van der Waals surface area contributed by atoms with Crippen LogP contribution < -0.4 is 16.4 Å². The molecule has 0 aliphatic carbocycles. The second kappa shape index (κ2) is 13.1. The fourth-order valence-electron chi connectivity index (χ4n) is 2.39. The number of nitrogens with one attached hydrogen (secondary N) is 2. The number of nitrogens with two attached hydrogens (primary N) is 1. The van der Waals surface area contributed by atoms with Gasteiger partial charge in [0, 0.05) is 13.0 Å². The first-order chi connectivity index (χ1) is 13.8. The third kappa shape index (κ3) is 10.7. The fraction of sp³-hybridized carbons (Fsp3) is 0.474. The monoisotopic (exact) mass is 409 g/mol. The van der Waals surface area contributed by atoms with Gasteiger partial charge in [0.2, 0.25) is 5.91 Å². The standard InChI is InChI=1S/C19H27N3O7/c20-14(17(25)22-15(18(26)27)9-10-16(23)24)8-4-5-11-21-19(28)29-12-13-6-2-1-3-7-13/h1-3,6-7,14-15H,4-5,8-12,20H2,(H,21,28)(H,22,25)(H,23,24)(H,26,27)/t14-,15+/m0/s1. The van der Waals surface area contributed by atoms with E-state index in [4.69, 9.17) is 20.7 Å². The van der Waals surface area contributed by atoms with E-state index < -0.39 is 36.0 Å². The summed E-state index contributed by atoms with van der Waals surface area (Å²) in [5, 5.41) is 22.5. The second-order valence-electron chi connectivity index (χ2n) is 6.42. The maximum absolute atomic E-state index is 12.0. The van der Waals surface area contributed by atoms with Gasteiger partial charge >= 0.3 is 18.0 Å². The highest BCUT2D eigenvalue weighted by molar-refractivity contribution is 5.87. The number of hydrogen-bond donors (Lipinski definition) is 5.